The van der Waals surface area contributed by atoms with Crippen LogP contribution in [0, 0.1) is 0 Å². The van der Waals surface area contributed by atoms with Crippen LogP contribution in [0.4, 0.5) is 0 Å². The number of hydrogen-bond donors (Lipinski definition) is 2. The third kappa shape index (κ3) is 8.58. The molecule has 0 aromatic carbocycles. The highest BCUT2D eigenvalue weighted by atomic mass is 16.5. The van der Waals surface area contributed by atoms with E-state index in [0.29, 0.717) is 6.04 Å². The average Bonchev–Trinajstić information content (AvgIpc) is 2.35. The van der Waals surface area contributed by atoms with E-state index < -0.39 is 0 Å². The number of aliphatic hydroxyl groups is 1. The van der Waals surface area contributed by atoms with Crippen molar-refractivity contribution in [2.75, 3.05) is 33.4 Å². The maximum absolute atomic E-state index is 9.59. The fourth-order valence-electron chi connectivity index (χ4n) is 2.08. The molecule has 4 heteroatoms. The molecule has 2 N–H and O–H groups in total. The van der Waals surface area contributed by atoms with Gasteiger partial charge in [-0.05, 0) is 54.1 Å². The van der Waals surface area contributed by atoms with E-state index in [1.54, 1.807) is 0 Å². The molecule has 0 aromatic rings. The van der Waals surface area contributed by atoms with Gasteiger partial charge in [0, 0.05) is 18.1 Å². The van der Waals surface area contributed by atoms with Crippen LogP contribution in [-0.4, -0.2) is 61.0 Å². The van der Waals surface area contributed by atoms with Crippen molar-refractivity contribution in [3.05, 3.63) is 0 Å². The van der Waals surface area contributed by atoms with Gasteiger partial charge in [-0.15, -0.1) is 0 Å². The van der Waals surface area contributed by atoms with Crippen molar-refractivity contribution in [2.45, 2.75) is 65.1 Å². The van der Waals surface area contributed by atoms with E-state index in [2.05, 4.69) is 51.9 Å². The van der Waals surface area contributed by atoms with Gasteiger partial charge in [0.25, 0.3) is 0 Å². The smallest absolute Gasteiger partial charge is 0.0611 e. The lowest BCUT2D eigenvalue weighted by Crippen LogP contribution is -2.50. The first-order valence-electron chi connectivity index (χ1n) is 7.52. The van der Waals surface area contributed by atoms with Crippen molar-refractivity contribution < 1.29 is 9.84 Å². The van der Waals surface area contributed by atoms with E-state index in [4.69, 9.17) is 4.74 Å². The van der Waals surface area contributed by atoms with E-state index in [9.17, 15) is 5.11 Å². The number of ether oxygens (including phenoxy) is 1. The van der Waals surface area contributed by atoms with Crippen LogP contribution in [0.2, 0.25) is 0 Å². The lowest BCUT2D eigenvalue weighted by molar-refractivity contribution is 0.0505. The normalized spacial score (nSPS) is 16.9. The predicted molar refractivity (Wildman–Crippen MR) is 81.6 cm³/mol. The molecule has 0 bridgehead atoms. The van der Waals surface area contributed by atoms with Gasteiger partial charge in [0.05, 0.1) is 19.3 Å². The second-order valence-electron chi connectivity index (χ2n) is 6.10. The molecule has 0 aliphatic heterocycles. The van der Waals surface area contributed by atoms with Gasteiger partial charge >= 0.3 is 0 Å². The molecular weight excluding hydrogens is 240 g/mol. The molecule has 4 nitrogen and oxygen atoms in total. The van der Waals surface area contributed by atoms with Gasteiger partial charge in [0.2, 0.25) is 0 Å². The maximum Gasteiger partial charge on any atom is 0.0611 e. The van der Waals surface area contributed by atoms with E-state index in [-0.39, 0.29) is 18.2 Å². The molecule has 0 saturated heterocycles. The Morgan fingerprint density at radius 2 is 1.95 bits per heavy atom. The summed E-state index contributed by atoms with van der Waals surface area (Å²) < 4.78 is 5.58. The molecule has 2 unspecified atom stereocenters. The zero-order valence-electron chi connectivity index (χ0n) is 13.7. The van der Waals surface area contributed by atoms with Crippen LogP contribution in [0.15, 0.2) is 0 Å². The summed E-state index contributed by atoms with van der Waals surface area (Å²) in [5, 5.41) is 13.0. The summed E-state index contributed by atoms with van der Waals surface area (Å²) in [5.74, 6) is 0. The molecular formula is C15H34N2O2. The Morgan fingerprint density at radius 3 is 2.42 bits per heavy atom. The highest BCUT2D eigenvalue weighted by molar-refractivity contribution is 4.86. The summed E-state index contributed by atoms with van der Waals surface area (Å²) >= 11 is 0. The van der Waals surface area contributed by atoms with Crippen LogP contribution in [0.1, 0.15) is 47.5 Å². The zero-order valence-corrected chi connectivity index (χ0v) is 13.7. The van der Waals surface area contributed by atoms with Gasteiger partial charge in [-0.1, -0.05) is 6.92 Å². The van der Waals surface area contributed by atoms with Gasteiger partial charge in [0.1, 0.15) is 0 Å². The first-order valence-corrected chi connectivity index (χ1v) is 7.52. The molecule has 0 saturated carbocycles. The number of rotatable bonds is 11. The summed E-state index contributed by atoms with van der Waals surface area (Å²) in [5.41, 5.74) is -0.192. The number of likely N-dealkylation sites (N-methyl/N-ethyl adjacent to an activating group) is 1. The average molecular weight is 274 g/mol. The molecule has 2 atom stereocenters. The fourth-order valence-corrected chi connectivity index (χ4v) is 2.08. The van der Waals surface area contributed by atoms with Crippen LogP contribution in [0.3, 0.4) is 0 Å². The lowest BCUT2D eigenvalue weighted by Gasteiger charge is -2.35. The summed E-state index contributed by atoms with van der Waals surface area (Å²) in [6.45, 7) is 13.4. The van der Waals surface area contributed by atoms with Crippen LogP contribution >= 0.6 is 0 Å². The minimum absolute atomic E-state index is 0.174. The quantitative estimate of drug-likeness (QED) is 0.604. The Kier molecular flexibility index (Phi) is 9.62. The van der Waals surface area contributed by atoms with Crippen molar-refractivity contribution in [1.29, 1.82) is 0 Å². The number of hydrogen-bond acceptors (Lipinski definition) is 4. The molecule has 116 valence electrons. The number of aliphatic hydroxyl groups excluding tert-OH is 1. The molecule has 0 spiro atoms. The molecule has 0 aliphatic carbocycles. The Bertz CT molecular complexity index is 224. The van der Waals surface area contributed by atoms with Gasteiger partial charge in [0.15, 0.2) is 0 Å². The summed E-state index contributed by atoms with van der Waals surface area (Å²) in [4.78, 5) is 2.30. The molecule has 0 rings (SSSR count). The fraction of sp³-hybridized carbons (Fsp3) is 1.00. The zero-order chi connectivity index (χ0) is 14.9. The minimum atomic E-state index is -0.192. The largest absolute Gasteiger partial charge is 0.394 e. The van der Waals surface area contributed by atoms with Crippen LogP contribution < -0.4 is 5.32 Å². The Hall–Kier alpha value is -0.160. The minimum Gasteiger partial charge on any atom is -0.394 e. The van der Waals surface area contributed by atoms with E-state index in [1.165, 1.54) is 0 Å². The second kappa shape index (κ2) is 9.70. The first-order chi connectivity index (χ1) is 8.84. The molecule has 0 radical (unpaired) electrons. The van der Waals surface area contributed by atoms with Crippen molar-refractivity contribution in [2.24, 2.45) is 0 Å². The molecule has 19 heavy (non-hydrogen) atoms. The van der Waals surface area contributed by atoms with Crippen LogP contribution in [0.25, 0.3) is 0 Å². The summed E-state index contributed by atoms with van der Waals surface area (Å²) in [6.07, 6.45) is 2.31. The molecule has 0 aliphatic rings. The molecule has 0 aromatic heterocycles. The van der Waals surface area contributed by atoms with E-state index in [0.717, 1.165) is 32.5 Å². The van der Waals surface area contributed by atoms with Gasteiger partial charge in [-0.2, -0.15) is 0 Å². The van der Waals surface area contributed by atoms with Crippen molar-refractivity contribution in [1.82, 2.24) is 10.2 Å². The van der Waals surface area contributed by atoms with Crippen molar-refractivity contribution >= 4 is 0 Å². The third-order valence-electron chi connectivity index (χ3n) is 3.54. The summed E-state index contributed by atoms with van der Waals surface area (Å²) in [7, 11) is 2.12. The van der Waals surface area contributed by atoms with E-state index in [1.807, 2.05) is 0 Å². The summed E-state index contributed by atoms with van der Waals surface area (Å²) in [6, 6.07) is 0.414. The maximum atomic E-state index is 9.59. The van der Waals surface area contributed by atoms with Gasteiger partial charge < -0.3 is 20.1 Å². The van der Waals surface area contributed by atoms with Gasteiger partial charge in [-0.25, -0.2) is 0 Å². The topological polar surface area (TPSA) is 44.7 Å². The first kappa shape index (κ1) is 18.8. The monoisotopic (exact) mass is 274 g/mol. The number of nitrogens with one attached hydrogen (secondary N) is 1. The Morgan fingerprint density at radius 1 is 1.32 bits per heavy atom. The van der Waals surface area contributed by atoms with E-state index >= 15 is 0 Å². The highest BCUT2D eigenvalue weighted by Gasteiger charge is 2.26. The predicted octanol–water partition coefficient (Wildman–Crippen LogP) is 1.87. The molecule has 0 heterocycles. The Balaban J connectivity index is 4.12. The lowest BCUT2D eigenvalue weighted by atomic mass is 9.93. The SMILES string of the molecule is CCCNC(C)(CO)CC(C)N(C)CCOC(C)C. The van der Waals surface area contributed by atoms with Crippen molar-refractivity contribution in [3.8, 4) is 0 Å². The Labute approximate surface area is 119 Å². The third-order valence-corrected chi connectivity index (χ3v) is 3.54. The van der Waals surface area contributed by atoms with Crippen LogP contribution in [-0.2, 0) is 4.74 Å². The standard InChI is InChI=1S/C15H34N2O2/c1-7-8-16-15(5,12-18)11-14(4)17(6)9-10-19-13(2)3/h13-14,16,18H,7-12H2,1-6H3. The van der Waals surface area contributed by atoms with Crippen molar-refractivity contribution in [3.63, 3.8) is 0 Å². The van der Waals surface area contributed by atoms with Gasteiger partial charge in [-0.3, -0.25) is 0 Å². The van der Waals surface area contributed by atoms with Crippen LogP contribution in [0.5, 0.6) is 0 Å². The highest BCUT2D eigenvalue weighted by Crippen LogP contribution is 2.15. The molecule has 0 amide bonds. The second-order valence-corrected chi connectivity index (χ2v) is 6.10. The number of nitrogens with zero attached hydrogens (tertiary/aromatic N) is 1. The molecule has 0 fully saturated rings.